The molecule has 0 amide bonds. The van der Waals surface area contributed by atoms with Crippen molar-refractivity contribution in [1.29, 1.82) is 0 Å². The Labute approximate surface area is 143 Å². The Bertz CT molecular complexity index is 669. The minimum absolute atomic E-state index is 0.211. The van der Waals surface area contributed by atoms with Gasteiger partial charge in [-0.1, -0.05) is 62.6 Å². The lowest BCUT2D eigenvalue weighted by molar-refractivity contribution is -0.131. The predicted octanol–water partition coefficient (Wildman–Crippen LogP) is 5.43. The third-order valence-electron chi connectivity index (χ3n) is 3.91. The highest BCUT2D eigenvalue weighted by Gasteiger charge is 2.06. The van der Waals surface area contributed by atoms with Crippen LogP contribution >= 0.6 is 0 Å². The maximum atomic E-state index is 12.2. The lowest BCUT2D eigenvalue weighted by Crippen LogP contribution is -2.00. The Morgan fingerprint density at radius 2 is 1.42 bits per heavy atom. The Balaban J connectivity index is 1.98. The molecule has 24 heavy (non-hydrogen) atoms. The second-order valence-corrected chi connectivity index (χ2v) is 5.93. The van der Waals surface area contributed by atoms with Crippen LogP contribution in [0.15, 0.2) is 48.5 Å². The summed E-state index contributed by atoms with van der Waals surface area (Å²) in [6.07, 6.45) is 5.08. The first-order chi connectivity index (χ1) is 11.6. The van der Waals surface area contributed by atoms with Crippen molar-refractivity contribution in [3.05, 3.63) is 54.1 Å². The highest BCUT2D eigenvalue weighted by Crippen LogP contribution is 2.23. The molecule has 2 aromatic carbocycles. The van der Waals surface area contributed by atoms with Gasteiger partial charge in [-0.2, -0.15) is 0 Å². The number of unbranched alkanes of at least 4 members (excludes halogenated alkanes) is 3. The van der Waals surface area contributed by atoms with E-state index in [1.165, 1.54) is 19.8 Å². The van der Waals surface area contributed by atoms with Crippen molar-refractivity contribution < 1.29 is 14.3 Å². The monoisotopic (exact) mass is 324 g/mol. The number of benzene rings is 2. The molecule has 0 saturated heterocycles. The molecule has 0 saturated carbocycles. The van der Waals surface area contributed by atoms with Gasteiger partial charge in [0.15, 0.2) is 5.78 Å². The molecule has 126 valence electrons. The number of carbonyl (C=O) groups excluding carboxylic acids is 2. The van der Waals surface area contributed by atoms with E-state index in [1.807, 2.05) is 36.4 Å². The summed E-state index contributed by atoms with van der Waals surface area (Å²) in [5.74, 6) is 0.414. The van der Waals surface area contributed by atoms with Gasteiger partial charge in [-0.05, 0) is 29.7 Å². The standard InChI is InChI=1S/C21H24O3/c1-3-4-5-6-7-21(23)19-10-8-17(9-11-19)18-12-14-20(15-13-18)24-16(2)22/h8-15H,3-7H2,1-2H3. The summed E-state index contributed by atoms with van der Waals surface area (Å²) in [5, 5.41) is 0. The SMILES string of the molecule is CCCCCCC(=O)c1ccc(-c2ccc(OC(C)=O)cc2)cc1. The first-order valence-electron chi connectivity index (χ1n) is 8.52. The minimum atomic E-state index is -0.329. The number of ether oxygens (including phenoxy) is 1. The van der Waals surface area contributed by atoms with Crippen LogP contribution in [-0.2, 0) is 4.79 Å². The normalized spacial score (nSPS) is 10.4. The van der Waals surface area contributed by atoms with E-state index in [0.29, 0.717) is 12.2 Å². The number of hydrogen-bond acceptors (Lipinski definition) is 3. The fourth-order valence-corrected chi connectivity index (χ4v) is 2.59. The minimum Gasteiger partial charge on any atom is -0.427 e. The van der Waals surface area contributed by atoms with Crippen molar-refractivity contribution in [2.24, 2.45) is 0 Å². The summed E-state index contributed by atoms with van der Waals surface area (Å²) >= 11 is 0. The van der Waals surface area contributed by atoms with E-state index in [4.69, 9.17) is 4.74 Å². The van der Waals surface area contributed by atoms with E-state index < -0.39 is 0 Å². The average molecular weight is 324 g/mol. The smallest absolute Gasteiger partial charge is 0.308 e. The number of carbonyl (C=O) groups is 2. The van der Waals surface area contributed by atoms with E-state index in [9.17, 15) is 9.59 Å². The van der Waals surface area contributed by atoms with Crippen LogP contribution in [0.5, 0.6) is 5.75 Å². The van der Waals surface area contributed by atoms with Crippen molar-refractivity contribution in [1.82, 2.24) is 0 Å². The highest BCUT2D eigenvalue weighted by atomic mass is 16.5. The van der Waals surface area contributed by atoms with Gasteiger partial charge in [0.1, 0.15) is 5.75 Å². The topological polar surface area (TPSA) is 43.4 Å². The summed E-state index contributed by atoms with van der Waals surface area (Å²) in [5.41, 5.74) is 2.83. The van der Waals surface area contributed by atoms with Crippen LogP contribution in [0.3, 0.4) is 0 Å². The molecule has 0 radical (unpaired) electrons. The molecule has 0 aliphatic carbocycles. The van der Waals surface area contributed by atoms with Crippen molar-refractivity contribution >= 4 is 11.8 Å². The van der Waals surface area contributed by atoms with Gasteiger partial charge in [0.25, 0.3) is 0 Å². The molecule has 3 heteroatoms. The van der Waals surface area contributed by atoms with Crippen LogP contribution in [-0.4, -0.2) is 11.8 Å². The van der Waals surface area contributed by atoms with Gasteiger partial charge in [-0.25, -0.2) is 0 Å². The zero-order valence-corrected chi connectivity index (χ0v) is 14.4. The molecular formula is C21H24O3. The lowest BCUT2D eigenvalue weighted by atomic mass is 10.00. The molecule has 0 fully saturated rings. The van der Waals surface area contributed by atoms with Gasteiger partial charge in [-0.3, -0.25) is 9.59 Å². The van der Waals surface area contributed by atoms with Crippen LogP contribution in [0.2, 0.25) is 0 Å². The Morgan fingerprint density at radius 3 is 1.96 bits per heavy atom. The Hall–Kier alpha value is -2.42. The number of Topliss-reactive ketones (excluding diaryl/α,β-unsaturated/α-hetero) is 1. The van der Waals surface area contributed by atoms with Crippen molar-refractivity contribution in [2.45, 2.75) is 46.0 Å². The first-order valence-corrected chi connectivity index (χ1v) is 8.52. The molecule has 0 aliphatic rings. The van der Waals surface area contributed by atoms with E-state index in [-0.39, 0.29) is 11.8 Å². The molecule has 0 spiro atoms. The molecule has 0 heterocycles. The lowest BCUT2D eigenvalue weighted by Gasteiger charge is -2.06. The quantitative estimate of drug-likeness (QED) is 0.281. The van der Waals surface area contributed by atoms with Crippen molar-refractivity contribution in [3.63, 3.8) is 0 Å². The molecule has 0 aliphatic heterocycles. The predicted molar refractivity (Wildman–Crippen MR) is 96.3 cm³/mol. The Kier molecular flexibility index (Phi) is 6.74. The first kappa shape index (κ1) is 17.9. The van der Waals surface area contributed by atoms with Crippen molar-refractivity contribution in [2.75, 3.05) is 0 Å². The maximum Gasteiger partial charge on any atom is 0.308 e. The van der Waals surface area contributed by atoms with Gasteiger partial charge in [0.05, 0.1) is 0 Å². The molecule has 2 aromatic rings. The molecule has 0 aromatic heterocycles. The van der Waals surface area contributed by atoms with E-state index in [1.54, 1.807) is 12.1 Å². The van der Waals surface area contributed by atoms with Crippen LogP contribution in [0, 0.1) is 0 Å². The zero-order valence-electron chi connectivity index (χ0n) is 14.4. The number of esters is 1. The van der Waals surface area contributed by atoms with Gasteiger partial charge >= 0.3 is 5.97 Å². The average Bonchev–Trinajstić information content (AvgIpc) is 2.59. The summed E-state index contributed by atoms with van der Waals surface area (Å²) in [4.78, 5) is 23.1. The summed E-state index contributed by atoms with van der Waals surface area (Å²) in [6.45, 7) is 3.55. The number of ketones is 1. The number of hydrogen-bond donors (Lipinski definition) is 0. The second kappa shape index (κ2) is 9.02. The van der Waals surface area contributed by atoms with Crippen LogP contribution in [0.4, 0.5) is 0 Å². The third-order valence-corrected chi connectivity index (χ3v) is 3.91. The summed E-state index contributed by atoms with van der Waals surface area (Å²) < 4.78 is 5.03. The van der Waals surface area contributed by atoms with Gasteiger partial charge in [-0.15, -0.1) is 0 Å². The molecule has 0 N–H and O–H groups in total. The summed E-state index contributed by atoms with van der Waals surface area (Å²) in [6, 6.07) is 15.0. The van der Waals surface area contributed by atoms with E-state index in [0.717, 1.165) is 29.5 Å². The van der Waals surface area contributed by atoms with Crippen LogP contribution in [0.25, 0.3) is 11.1 Å². The van der Waals surface area contributed by atoms with Crippen LogP contribution in [0.1, 0.15) is 56.3 Å². The fraction of sp³-hybridized carbons (Fsp3) is 0.333. The molecule has 0 unspecified atom stereocenters. The molecule has 0 atom stereocenters. The van der Waals surface area contributed by atoms with Crippen molar-refractivity contribution in [3.8, 4) is 16.9 Å². The molecule has 2 rings (SSSR count). The molecule has 0 bridgehead atoms. The highest BCUT2D eigenvalue weighted by molar-refractivity contribution is 5.96. The fourth-order valence-electron chi connectivity index (χ4n) is 2.59. The zero-order chi connectivity index (χ0) is 17.4. The Morgan fingerprint density at radius 1 is 0.833 bits per heavy atom. The largest absolute Gasteiger partial charge is 0.427 e. The van der Waals surface area contributed by atoms with Gasteiger partial charge in [0.2, 0.25) is 0 Å². The van der Waals surface area contributed by atoms with E-state index >= 15 is 0 Å². The molecule has 3 nitrogen and oxygen atoms in total. The van der Waals surface area contributed by atoms with Gasteiger partial charge < -0.3 is 4.74 Å². The summed E-state index contributed by atoms with van der Waals surface area (Å²) in [7, 11) is 0. The molecular weight excluding hydrogens is 300 g/mol. The maximum absolute atomic E-state index is 12.2. The van der Waals surface area contributed by atoms with Gasteiger partial charge in [0, 0.05) is 18.9 Å². The second-order valence-electron chi connectivity index (χ2n) is 5.93. The third kappa shape index (κ3) is 5.34. The van der Waals surface area contributed by atoms with Crippen LogP contribution < -0.4 is 4.74 Å². The number of rotatable bonds is 8. The van der Waals surface area contributed by atoms with E-state index in [2.05, 4.69) is 6.92 Å².